The summed E-state index contributed by atoms with van der Waals surface area (Å²) < 4.78 is 5.42. The molecular weight excluding hydrogens is 214 g/mol. The molecule has 0 fully saturated rings. The number of nitrogens with two attached hydrogens (primary N) is 2. The summed E-state index contributed by atoms with van der Waals surface area (Å²) in [6, 6.07) is 4.26. The second-order valence-corrected chi connectivity index (χ2v) is 4.40. The predicted molar refractivity (Wildman–Crippen MR) is 71.2 cm³/mol. The highest BCUT2D eigenvalue weighted by atomic mass is 16.5. The van der Waals surface area contributed by atoms with E-state index in [4.69, 9.17) is 16.2 Å². The highest BCUT2D eigenvalue weighted by Crippen LogP contribution is 2.24. The topological polar surface area (TPSA) is 73.3 Å². The number of rotatable bonds is 6. The molecule has 1 aromatic rings. The van der Waals surface area contributed by atoms with E-state index in [9.17, 15) is 0 Å². The van der Waals surface area contributed by atoms with Crippen molar-refractivity contribution in [2.24, 2.45) is 11.5 Å². The van der Waals surface area contributed by atoms with Gasteiger partial charge in [-0.15, -0.1) is 0 Å². The summed E-state index contributed by atoms with van der Waals surface area (Å²) in [6.07, 6.45) is 0. The highest BCUT2D eigenvalue weighted by molar-refractivity contribution is 5.43. The number of hydrogen-bond donors (Lipinski definition) is 3. The van der Waals surface area contributed by atoms with E-state index in [1.807, 2.05) is 0 Å². The Morgan fingerprint density at radius 2 is 2.06 bits per heavy atom. The fourth-order valence-corrected chi connectivity index (χ4v) is 1.94. The summed E-state index contributed by atoms with van der Waals surface area (Å²) in [5.74, 6) is 0.949. The monoisotopic (exact) mass is 237 g/mol. The van der Waals surface area contributed by atoms with E-state index >= 15 is 0 Å². The largest absolute Gasteiger partial charge is 0.496 e. The van der Waals surface area contributed by atoms with Gasteiger partial charge in [0.1, 0.15) is 5.75 Å². The molecule has 1 aromatic carbocycles. The highest BCUT2D eigenvalue weighted by Gasteiger charge is 2.07. The molecule has 0 aliphatic heterocycles. The number of methoxy groups -OCH3 is 1. The molecule has 0 radical (unpaired) electrons. The maximum absolute atomic E-state index is 5.75. The van der Waals surface area contributed by atoms with Crippen molar-refractivity contribution in [3.63, 3.8) is 0 Å². The molecule has 4 nitrogen and oxygen atoms in total. The smallest absolute Gasteiger partial charge is 0.126 e. The van der Waals surface area contributed by atoms with Gasteiger partial charge in [0.05, 0.1) is 7.11 Å². The van der Waals surface area contributed by atoms with Gasteiger partial charge in [-0.2, -0.15) is 0 Å². The van der Waals surface area contributed by atoms with Gasteiger partial charge >= 0.3 is 0 Å². The van der Waals surface area contributed by atoms with E-state index in [-0.39, 0.29) is 6.04 Å². The molecule has 1 rings (SSSR count). The Bertz CT molecular complexity index is 366. The van der Waals surface area contributed by atoms with Crippen LogP contribution in [0.15, 0.2) is 12.1 Å². The van der Waals surface area contributed by atoms with Gasteiger partial charge in [-0.1, -0.05) is 17.7 Å². The quantitative estimate of drug-likeness (QED) is 0.680. The Labute approximate surface area is 103 Å². The van der Waals surface area contributed by atoms with E-state index in [2.05, 4.69) is 31.3 Å². The minimum Gasteiger partial charge on any atom is -0.496 e. The lowest BCUT2D eigenvalue weighted by Crippen LogP contribution is -2.39. The van der Waals surface area contributed by atoms with Crippen molar-refractivity contribution in [3.8, 4) is 5.75 Å². The summed E-state index contributed by atoms with van der Waals surface area (Å²) in [6.45, 7) is 6.10. The molecular formula is C13H23N3O. The normalized spacial score (nSPS) is 12.5. The molecule has 1 atom stereocenters. The summed E-state index contributed by atoms with van der Waals surface area (Å²) >= 11 is 0. The molecule has 5 N–H and O–H groups in total. The van der Waals surface area contributed by atoms with E-state index in [0.29, 0.717) is 13.1 Å². The second-order valence-electron chi connectivity index (χ2n) is 4.40. The number of ether oxygens (including phenoxy) is 1. The third-order valence-corrected chi connectivity index (χ3v) is 2.72. The van der Waals surface area contributed by atoms with E-state index in [0.717, 1.165) is 23.4 Å². The van der Waals surface area contributed by atoms with E-state index < -0.39 is 0 Å². The van der Waals surface area contributed by atoms with Crippen LogP contribution in [0.5, 0.6) is 5.75 Å². The lowest BCUT2D eigenvalue weighted by atomic mass is 10.1. The maximum Gasteiger partial charge on any atom is 0.126 e. The summed E-state index contributed by atoms with van der Waals surface area (Å²) in [4.78, 5) is 0. The fraction of sp³-hybridized carbons (Fsp3) is 0.538. The number of nitrogens with one attached hydrogen (secondary N) is 1. The van der Waals surface area contributed by atoms with Gasteiger partial charge in [-0.05, 0) is 19.4 Å². The SMILES string of the molecule is COc1c(C)cc(C)cc1CNCC(N)CN. The summed E-state index contributed by atoms with van der Waals surface area (Å²) in [5.41, 5.74) is 14.8. The minimum atomic E-state index is 0.00639. The third-order valence-electron chi connectivity index (χ3n) is 2.72. The van der Waals surface area contributed by atoms with Gasteiger partial charge < -0.3 is 21.5 Å². The van der Waals surface area contributed by atoms with Crippen molar-refractivity contribution >= 4 is 0 Å². The molecule has 1 unspecified atom stereocenters. The molecule has 0 aliphatic rings. The molecule has 0 heterocycles. The molecule has 0 aliphatic carbocycles. The minimum absolute atomic E-state index is 0.00639. The zero-order valence-electron chi connectivity index (χ0n) is 10.9. The Morgan fingerprint density at radius 3 is 2.65 bits per heavy atom. The van der Waals surface area contributed by atoms with E-state index in [1.54, 1.807) is 7.11 Å². The molecule has 0 saturated heterocycles. The average Bonchev–Trinajstić information content (AvgIpc) is 2.28. The van der Waals surface area contributed by atoms with Crippen LogP contribution < -0.4 is 21.5 Å². The first-order chi connectivity index (χ1) is 8.08. The van der Waals surface area contributed by atoms with Crippen LogP contribution in [0.4, 0.5) is 0 Å². The van der Waals surface area contributed by atoms with Crippen LogP contribution in [0.1, 0.15) is 16.7 Å². The molecule has 0 aromatic heterocycles. The maximum atomic E-state index is 5.75. The van der Waals surface area contributed by atoms with Gasteiger partial charge in [0, 0.05) is 31.2 Å². The fourth-order valence-electron chi connectivity index (χ4n) is 1.94. The van der Waals surface area contributed by atoms with Gasteiger partial charge in [-0.25, -0.2) is 0 Å². The standard InChI is InChI=1S/C13H23N3O/c1-9-4-10(2)13(17-3)11(5-9)7-16-8-12(15)6-14/h4-5,12,16H,6-8,14-15H2,1-3H3. The zero-order chi connectivity index (χ0) is 12.8. The van der Waals surface area contributed by atoms with Gasteiger partial charge in [0.2, 0.25) is 0 Å². The van der Waals surface area contributed by atoms with E-state index in [1.165, 1.54) is 5.56 Å². The Morgan fingerprint density at radius 1 is 1.35 bits per heavy atom. The molecule has 0 amide bonds. The van der Waals surface area contributed by atoms with Crippen molar-refractivity contribution in [2.75, 3.05) is 20.2 Å². The lowest BCUT2D eigenvalue weighted by Gasteiger charge is -2.15. The number of hydrogen-bond acceptors (Lipinski definition) is 4. The summed E-state index contributed by atoms with van der Waals surface area (Å²) in [7, 11) is 1.70. The van der Waals surface area contributed by atoms with Crippen LogP contribution in [0.2, 0.25) is 0 Å². The van der Waals surface area contributed by atoms with Gasteiger partial charge in [0.15, 0.2) is 0 Å². The first-order valence-electron chi connectivity index (χ1n) is 5.89. The zero-order valence-corrected chi connectivity index (χ0v) is 10.9. The lowest BCUT2D eigenvalue weighted by molar-refractivity contribution is 0.404. The molecule has 96 valence electrons. The average molecular weight is 237 g/mol. The van der Waals surface area contributed by atoms with Crippen LogP contribution >= 0.6 is 0 Å². The third kappa shape index (κ3) is 4.00. The van der Waals surface area contributed by atoms with Crippen molar-refractivity contribution in [1.82, 2.24) is 5.32 Å². The van der Waals surface area contributed by atoms with Crippen LogP contribution in [0, 0.1) is 13.8 Å². The Balaban J connectivity index is 2.69. The van der Waals surface area contributed by atoms with Crippen molar-refractivity contribution in [2.45, 2.75) is 26.4 Å². The first-order valence-corrected chi connectivity index (χ1v) is 5.89. The van der Waals surface area contributed by atoms with Crippen molar-refractivity contribution < 1.29 is 4.74 Å². The molecule has 0 bridgehead atoms. The molecule has 0 saturated carbocycles. The Hall–Kier alpha value is -1.10. The van der Waals surface area contributed by atoms with Crippen LogP contribution in [0.3, 0.4) is 0 Å². The molecule has 0 spiro atoms. The van der Waals surface area contributed by atoms with Crippen molar-refractivity contribution in [3.05, 3.63) is 28.8 Å². The van der Waals surface area contributed by atoms with Crippen LogP contribution in [-0.4, -0.2) is 26.2 Å². The molecule has 4 heteroatoms. The second kappa shape index (κ2) is 6.59. The first kappa shape index (κ1) is 14.0. The number of aryl methyl sites for hydroxylation is 2. The molecule has 17 heavy (non-hydrogen) atoms. The number of benzene rings is 1. The Kier molecular flexibility index (Phi) is 5.41. The van der Waals surface area contributed by atoms with Crippen LogP contribution in [-0.2, 0) is 6.54 Å². The van der Waals surface area contributed by atoms with Gasteiger partial charge in [0.25, 0.3) is 0 Å². The predicted octanol–water partition coefficient (Wildman–Crippen LogP) is 0.688. The van der Waals surface area contributed by atoms with Crippen molar-refractivity contribution in [1.29, 1.82) is 0 Å². The van der Waals surface area contributed by atoms with Gasteiger partial charge in [-0.3, -0.25) is 0 Å². The summed E-state index contributed by atoms with van der Waals surface area (Å²) in [5, 5.41) is 3.30. The van der Waals surface area contributed by atoms with Crippen LogP contribution in [0.25, 0.3) is 0 Å².